The van der Waals surface area contributed by atoms with Crippen molar-refractivity contribution in [3.8, 4) is 5.75 Å². The molecule has 3 aromatic rings. The predicted molar refractivity (Wildman–Crippen MR) is 100 cm³/mol. The third-order valence-corrected chi connectivity index (χ3v) is 4.75. The van der Waals surface area contributed by atoms with Crippen molar-refractivity contribution in [1.82, 2.24) is 0 Å². The molecule has 1 heterocycles. The normalized spacial score (nSPS) is 13.4. The molecule has 0 fully saturated rings. The lowest BCUT2D eigenvalue weighted by atomic mass is 10.1. The molecule has 5 heteroatoms. The molecule has 0 saturated heterocycles. The van der Waals surface area contributed by atoms with Crippen LogP contribution in [-0.2, 0) is 4.79 Å². The van der Waals surface area contributed by atoms with Gasteiger partial charge < -0.3 is 9.64 Å². The molecule has 1 aliphatic rings. The Morgan fingerprint density at radius 2 is 1.76 bits per heavy atom. The van der Waals surface area contributed by atoms with E-state index in [2.05, 4.69) is 15.9 Å². The van der Waals surface area contributed by atoms with E-state index in [-0.39, 0.29) is 0 Å². The molecule has 0 unspecified atom stereocenters. The van der Waals surface area contributed by atoms with Gasteiger partial charge in [0.05, 0.1) is 17.8 Å². The molecular formula is C20H14BrNO3. The van der Waals surface area contributed by atoms with Crippen LogP contribution < -0.4 is 9.64 Å². The first kappa shape index (κ1) is 15.8. The number of ketones is 1. The fourth-order valence-electron chi connectivity index (χ4n) is 3.06. The minimum Gasteiger partial charge on any atom is -0.491 e. The van der Waals surface area contributed by atoms with Gasteiger partial charge >= 0.3 is 0 Å². The van der Waals surface area contributed by atoms with Gasteiger partial charge in [0.25, 0.3) is 11.7 Å². The van der Waals surface area contributed by atoms with E-state index >= 15 is 0 Å². The van der Waals surface area contributed by atoms with Crippen LogP contribution in [0, 0.1) is 0 Å². The second-order valence-electron chi connectivity index (χ2n) is 5.77. The number of rotatable bonds is 4. The summed E-state index contributed by atoms with van der Waals surface area (Å²) >= 11 is 3.33. The van der Waals surface area contributed by atoms with Gasteiger partial charge in [0.15, 0.2) is 0 Å². The molecule has 3 aromatic carbocycles. The maximum absolute atomic E-state index is 12.2. The van der Waals surface area contributed by atoms with Gasteiger partial charge in [0.1, 0.15) is 12.4 Å². The maximum Gasteiger partial charge on any atom is 0.299 e. The van der Waals surface area contributed by atoms with E-state index < -0.39 is 11.7 Å². The monoisotopic (exact) mass is 395 g/mol. The average molecular weight is 396 g/mol. The number of Topliss-reactive ketones (excluding diaryl/α,β-unsaturated/α-hetero) is 1. The first-order valence-electron chi connectivity index (χ1n) is 7.91. The number of anilines is 1. The van der Waals surface area contributed by atoms with Crippen LogP contribution >= 0.6 is 15.9 Å². The van der Waals surface area contributed by atoms with Crippen molar-refractivity contribution in [3.05, 3.63) is 70.7 Å². The molecule has 0 bridgehead atoms. The number of ether oxygens (including phenoxy) is 1. The number of carbonyl (C=O) groups excluding carboxylic acids is 2. The molecule has 0 aromatic heterocycles. The van der Waals surface area contributed by atoms with Crippen LogP contribution in [0.2, 0.25) is 0 Å². The summed E-state index contributed by atoms with van der Waals surface area (Å²) in [6, 6.07) is 19.1. The topological polar surface area (TPSA) is 46.6 Å². The Labute approximate surface area is 153 Å². The number of fused-ring (bicyclic) bond motifs is 2. The molecule has 25 heavy (non-hydrogen) atoms. The van der Waals surface area contributed by atoms with Crippen molar-refractivity contribution in [1.29, 1.82) is 0 Å². The highest BCUT2D eigenvalue weighted by Crippen LogP contribution is 2.31. The summed E-state index contributed by atoms with van der Waals surface area (Å²) in [6.45, 7) is 0.630. The fourth-order valence-corrected chi connectivity index (χ4v) is 3.42. The van der Waals surface area contributed by atoms with Crippen LogP contribution in [0.3, 0.4) is 0 Å². The van der Waals surface area contributed by atoms with Crippen LogP contribution in [0.4, 0.5) is 5.69 Å². The van der Waals surface area contributed by atoms with E-state index in [0.29, 0.717) is 24.4 Å². The van der Waals surface area contributed by atoms with Gasteiger partial charge in [0.2, 0.25) is 0 Å². The van der Waals surface area contributed by atoms with Crippen LogP contribution in [-0.4, -0.2) is 24.8 Å². The van der Waals surface area contributed by atoms with Crippen molar-refractivity contribution >= 4 is 44.1 Å². The number of nitrogens with zero attached hydrogens (tertiary/aromatic N) is 1. The lowest BCUT2D eigenvalue weighted by Crippen LogP contribution is -2.33. The Bertz CT molecular complexity index is 994. The van der Waals surface area contributed by atoms with Crippen LogP contribution in [0.25, 0.3) is 10.8 Å². The molecule has 0 radical (unpaired) electrons. The Hall–Kier alpha value is -2.66. The van der Waals surface area contributed by atoms with E-state index in [1.54, 1.807) is 12.1 Å². The zero-order chi connectivity index (χ0) is 17.4. The Morgan fingerprint density at radius 3 is 2.64 bits per heavy atom. The quantitative estimate of drug-likeness (QED) is 0.621. The molecular weight excluding hydrogens is 382 g/mol. The molecule has 4 nitrogen and oxygen atoms in total. The number of amides is 1. The van der Waals surface area contributed by atoms with Gasteiger partial charge in [-0.25, -0.2) is 0 Å². The number of hydrogen-bond acceptors (Lipinski definition) is 3. The maximum atomic E-state index is 12.2. The second-order valence-corrected chi connectivity index (χ2v) is 6.69. The number of benzene rings is 3. The highest BCUT2D eigenvalue weighted by molar-refractivity contribution is 9.10. The Balaban J connectivity index is 1.52. The summed E-state index contributed by atoms with van der Waals surface area (Å²) in [7, 11) is 0. The van der Waals surface area contributed by atoms with Gasteiger partial charge in [0, 0.05) is 9.86 Å². The summed E-state index contributed by atoms with van der Waals surface area (Å²) in [4.78, 5) is 25.8. The van der Waals surface area contributed by atoms with Crippen molar-refractivity contribution in [3.63, 3.8) is 0 Å². The minimum absolute atomic E-state index is 0.308. The molecule has 1 aliphatic heterocycles. The van der Waals surface area contributed by atoms with Gasteiger partial charge in [-0.1, -0.05) is 52.3 Å². The standard InChI is InChI=1S/C20H14BrNO3/c21-14-8-9-17-16(12-14)19(23)20(24)22(17)10-11-25-18-7-3-5-13-4-1-2-6-15(13)18/h1-9,12H,10-11H2. The smallest absolute Gasteiger partial charge is 0.299 e. The highest BCUT2D eigenvalue weighted by Gasteiger charge is 2.35. The third-order valence-electron chi connectivity index (χ3n) is 4.26. The first-order valence-corrected chi connectivity index (χ1v) is 8.71. The summed E-state index contributed by atoms with van der Waals surface area (Å²) in [5, 5.41) is 2.13. The van der Waals surface area contributed by atoms with Gasteiger partial charge in [-0.2, -0.15) is 0 Å². The van der Waals surface area contributed by atoms with E-state index in [1.165, 1.54) is 4.90 Å². The van der Waals surface area contributed by atoms with E-state index in [9.17, 15) is 9.59 Å². The lowest BCUT2D eigenvalue weighted by Gasteiger charge is -2.17. The molecule has 0 N–H and O–H groups in total. The summed E-state index contributed by atoms with van der Waals surface area (Å²) in [5.74, 6) is -0.205. The van der Waals surface area contributed by atoms with Crippen LogP contribution in [0.1, 0.15) is 10.4 Å². The number of halogens is 1. The van der Waals surface area contributed by atoms with Crippen molar-refractivity contribution in [2.24, 2.45) is 0 Å². The fraction of sp³-hybridized carbons (Fsp3) is 0.100. The van der Waals surface area contributed by atoms with Crippen molar-refractivity contribution < 1.29 is 14.3 Å². The third kappa shape index (κ3) is 2.81. The molecule has 0 spiro atoms. The highest BCUT2D eigenvalue weighted by atomic mass is 79.9. The Morgan fingerprint density at radius 1 is 0.960 bits per heavy atom. The second kappa shape index (κ2) is 6.33. The van der Waals surface area contributed by atoms with Crippen LogP contribution in [0.5, 0.6) is 5.75 Å². The average Bonchev–Trinajstić information content (AvgIpc) is 2.86. The minimum atomic E-state index is -0.505. The SMILES string of the molecule is O=C1C(=O)N(CCOc2cccc3ccccc23)c2ccc(Br)cc21. The van der Waals surface area contributed by atoms with Gasteiger partial charge in [-0.3, -0.25) is 9.59 Å². The van der Waals surface area contributed by atoms with Crippen molar-refractivity contribution in [2.75, 3.05) is 18.1 Å². The van der Waals surface area contributed by atoms with E-state index in [4.69, 9.17) is 4.74 Å². The predicted octanol–water partition coefficient (Wildman–Crippen LogP) is 4.21. The largest absolute Gasteiger partial charge is 0.491 e. The zero-order valence-electron chi connectivity index (χ0n) is 13.2. The summed E-state index contributed by atoms with van der Waals surface area (Å²) < 4.78 is 6.67. The van der Waals surface area contributed by atoms with Crippen molar-refractivity contribution in [2.45, 2.75) is 0 Å². The summed E-state index contributed by atoms with van der Waals surface area (Å²) in [5.41, 5.74) is 1.07. The molecule has 4 rings (SSSR count). The molecule has 0 saturated carbocycles. The van der Waals surface area contributed by atoms with E-state index in [0.717, 1.165) is 21.0 Å². The Kier molecular flexibility index (Phi) is 4.01. The molecule has 0 aliphatic carbocycles. The first-order chi connectivity index (χ1) is 12.1. The van der Waals surface area contributed by atoms with Crippen LogP contribution in [0.15, 0.2) is 65.1 Å². The number of hydrogen-bond donors (Lipinski definition) is 0. The molecule has 124 valence electrons. The van der Waals surface area contributed by atoms with Gasteiger partial charge in [-0.05, 0) is 29.7 Å². The lowest BCUT2D eigenvalue weighted by molar-refractivity contribution is -0.114. The van der Waals surface area contributed by atoms with Gasteiger partial charge in [-0.15, -0.1) is 0 Å². The number of carbonyl (C=O) groups is 2. The summed E-state index contributed by atoms with van der Waals surface area (Å²) in [6.07, 6.45) is 0. The molecule has 0 atom stereocenters. The molecule has 1 amide bonds. The zero-order valence-corrected chi connectivity index (χ0v) is 14.8. The van der Waals surface area contributed by atoms with E-state index in [1.807, 2.05) is 48.5 Å².